The standard InChI is InChI=1S/C16H26O/c1-3-7-15(8-4-1)11-13-17-14-12-16-9-5-2-6-10-16/h11-16H,1-10H2. The summed E-state index contributed by atoms with van der Waals surface area (Å²) in [6.07, 6.45) is 22.1. The van der Waals surface area contributed by atoms with Crippen molar-refractivity contribution in [2.75, 3.05) is 0 Å². The van der Waals surface area contributed by atoms with Crippen molar-refractivity contribution in [2.24, 2.45) is 11.8 Å². The highest BCUT2D eigenvalue weighted by atomic mass is 16.5. The molecule has 17 heavy (non-hydrogen) atoms. The number of hydrogen-bond acceptors (Lipinski definition) is 1. The van der Waals surface area contributed by atoms with E-state index in [0.717, 1.165) is 11.8 Å². The topological polar surface area (TPSA) is 9.23 Å². The molecule has 0 bridgehead atoms. The predicted molar refractivity (Wildman–Crippen MR) is 72.5 cm³/mol. The first-order chi connectivity index (χ1) is 8.45. The lowest BCUT2D eigenvalue weighted by molar-refractivity contribution is 0.364. The summed E-state index contributed by atoms with van der Waals surface area (Å²) < 4.78 is 5.48. The highest BCUT2D eigenvalue weighted by Gasteiger charge is 2.10. The van der Waals surface area contributed by atoms with Gasteiger partial charge < -0.3 is 4.74 Å². The fourth-order valence-corrected chi connectivity index (χ4v) is 3.01. The quantitative estimate of drug-likeness (QED) is 0.608. The van der Waals surface area contributed by atoms with E-state index in [0.29, 0.717) is 0 Å². The van der Waals surface area contributed by atoms with E-state index < -0.39 is 0 Å². The van der Waals surface area contributed by atoms with Crippen molar-refractivity contribution in [3.63, 3.8) is 0 Å². The van der Waals surface area contributed by atoms with Crippen LogP contribution in [0.2, 0.25) is 0 Å². The molecule has 1 heteroatoms. The third-order valence-corrected chi connectivity index (χ3v) is 4.16. The molecule has 0 atom stereocenters. The fourth-order valence-electron chi connectivity index (χ4n) is 3.01. The smallest absolute Gasteiger partial charge is 0.0864 e. The van der Waals surface area contributed by atoms with E-state index in [1.54, 1.807) is 0 Å². The van der Waals surface area contributed by atoms with Crippen LogP contribution in [-0.4, -0.2) is 0 Å². The molecule has 0 radical (unpaired) electrons. The molecule has 0 N–H and O–H groups in total. The van der Waals surface area contributed by atoms with Gasteiger partial charge >= 0.3 is 0 Å². The minimum absolute atomic E-state index is 0.770. The van der Waals surface area contributed by atoms with Crippen LogP contribution in [0.5, 0.6) is 0 Å². The highest BCUT2D eigenvalue weighted by molar-refractivity contribution is 4.89. The highest BCUT2D eigenvalue weighted by Crippen LogP contribution is 2.25. The molecule has 1 nitrogen and oxygen atoms in total. The van der Waals surface area contributed by atoms with Crippen molar-refractivity contribution in [3.05, 3.63) is 24.7 Å². The lowest BCUT2D eigenvalue weighted by Crippen LogP contribution is -2.03. The van der Waals surface area contributed by atoms with Crippen LogP contribution >= 0.6 is 0 Å². The van der Waals surface area contributed by atoms with Crippen molar-refractivity contribution in [1.82, 2.24) is 0 Å². The maximum atomic E-state index is 5.48. The Hall–Kier alpha value is -0.720. The van der Waals surface area contributed by atoms with Gasteiger partial charge in [-0.2, -0.15) is 0 Å². The van der Waals surface area contributed by atoms with Crippen molar-refractivity contribution in [3.8, 4) is 0 Å². The monoisotopic (exact) mass is 234 g/mol. The third-order valence-electron chi connectivity index (χ3n) is 4.16. The molecule has 0 saturated heterocycles. The molecule has 0 spiro atoms. The molecule has 0 unspecified atom stereocenters. The summed E-state index contributed by atoms with van der Waals surface area (Å²) in [5.74, 6) is 1.54. The van der Waals surface area contributed by atoms with Gasteiger partial charge in [-0.05, 0) is 49.7 Å². The van der Waals surface area contributed by atoms with Gasteiger partial charge in [-0.15, -0.1) is 0 Å². The van der Waals surface area contributed by atoms with Gasteiger partial charge in [0.25, 0.3) is 0 Å². The summed E-state index contributed by atoms with van der Waals surface area (Å²) >= 11 is 0. The summed E-state index contributed by atoms with van der Waals surface area (Å²) in [7, 11) is 0. The zero-order valence-corrected chi connectivity index (χ0v) is 10.9. The number of allylic oxidation sites excluding steroid dienone is 2. The van der Waals surface area contributed by atoms with E-state index in [2.05, 4.69) is 12.2 Å². The Labute approximate surface area is 106 Å². The first kappa shape index (κ1) is 12.7. The van der Waals surface area contributed by atoms with Crippen molar-refractivity contribution in [2.45, 2.75) is 64.2 Å². The molecule has 96 valence electrons. The van der Waals surface area contributed by atoms with Crippen LogP contribution in [0.15, 0.2) is 24.7 Å². The van der Waals surface area contributed by atoms with Crippen LogP contribution < -0.4 is 0 Å². The minimum atomic E-state index is 0.770. The maximum absolute atomic E-state index is 5.48. The average Bonchev–Trinajstić information content (AvgIpc) is 2.41. The van der Waals surface area contributed by atoms with Gasteiger partial charge in [0.1, 0.15) is 0 Å². The Morgan fingerprint density at radius 2 is 1.00 bits per heavy atom. The van der Waals surface area contributed by atoms with Crippen molar-refractivity contribution < 1.29 is 4.74 Å². The summed E-state index contributed by atoms with van der Waals surface area (Å²) in [5, 5.41) is 0. The summed E-state index contributed by atoms with van der Waals surface area (Å²) in [5.41, 5.74) is 0. The van der Waals surface area contributed by atoms with Crippen LogP contribution in [0.25, 0.3) is 0 Å². The molecule has 0 aromatic rings. The summed E-state index contributed by atoms with van der Waals surface area (Å²) in [6.45, 7) is 0. The zero-order valence-electron chi connectivity index (χ0n) is 10.9. The third kappa shape index (κ3) is 4.97. The van der Waals surface area contributed by atoms with E-state index in [-0.39, 0.29) is 0 Å². The summed E-state index contributed by atoms with van der Waals surface area (Å²) in [6, 6.07) is 0. The molecule has 0 aliphatic heterocycles. The Morgan fingerprint density at radius 3 is 1.41 bits per heavy atom. The van der Waals surface area contributed by atoms with Crippen molar-refractivity contribution in [1.29, 1.82) is 0 Å². The van der Waals surface area contributed by atoms with Gasteiger partial charge in [-0.25, -0.2) is 0 Å². The van der Waals surface area contributed by atoms with Crippen molar-refractivity contribution >= 4 is 0 Å². The Balaban J connectivity index is 1.60. The van der Waals surface area contributed by atoms with E-state index in [4.69, 9.17) is 4.74 Å². The molecular weight excluding hydrogens is 208 g/mol. The van der Waals surface area contributed by atoms with Gasteiger partial charge in [-0.1, -0.05) is 38.5 Å². The Bertz CT molecular complexity index is 216. The second kappa shape index (κ2) is 7.58. The van der Waals surface area contributed by atoms with Crippen LogP contribution in [0.4, 0.5) is 0 Å². The van der Waals surface area contributed by atoms with Crippen LogP contribution in [-0.2, 0) is 4.74 Å². The second-order valence-corrected chi connectivity index (χ2v) is 5.59. The predicted octanol–water partition coefficient (Wildman–Crippen LogP) is 5.19. The molecule has 2 aliphatic carbocycles. The number of rotatable bonds is 4. The van der Waals surface area contributed by atoms with E-state index >= 15 is 0 Å². The fraction of sp³-hybridized carbons (Fsp3) is 0.750. The first-order valence-electron chi connectivity index (χ1n) is 7.44. The lowest BCUT2D eigenvalue weighted by Gasteiger charge is -2.18. The molecule has 2 fully saturated rings. The molecule has 2 aliphatic rings. The van der Waals surface area contributed by atoms with Gasteiger partial charge in [0.05, 0.1) is 12.5 Å². The largest absolute Gasteiger partial charge is 0.473 e. The SMILES string of the molecule is C(=CC1CCCCC1)OC=CC1CCCCC1. The molecule has 0 aromatic carbocycles. The first-order valence-corrected chi connectivity index (χ1v) is 7.44. The average molecular weight is 234 g/mol. The van der Waals surface area contributed by atoms with Gasteiger partial charge in [0, 0.05) is 0 Å². The normalized spacial score (nSPS) is 24.7. The van der Waals surface area contributed by atoms with E-state index in [1.807, 2.05) is 12.5 Å². The summed E-state index contributed by atoms with van der Waals surface area (Å²) in [4.78, 5) is 0. The molecule has 0 aromatic heterocycles. The van der Waals surface area contributed by atoms with E-state index in [1.165, 1.54) is 64.2 Å². The van der Waals surface area contributed by atoms with Crippen LogP contribution in [0.1, 0.15) is 64.2 Å². The molecule has 2 saturated carbocycles. The Kier molecular flexibility index (Phi) is 5.67. The van der Waals surface area contributed by atoms with Gasteiger partial charge in [0.15, 0.2) is 0 Å². The maximum Gasteiger partial charge on any atom is 0.0864 e. The molecular formula is C16H26O. The van der Waals surface area contributed by atoms with Crippen LogP contribution in [0, 0.1) is 11.8 Å². The number of ether oxygens (including phenoxy) is 1. The molecule has 0 amide bonds. The minimum Gasteiger partial charge on any atom is -0.473 e. The number of hydrogen-bond donors (Lipinski definition) is 0. The molecule has 2 rings (SSSR count). The molecule has 0 heterocycles. The van der Waals surface area contributed by atoms with Gasteiger partial charge in [0.2, 0.25) is 0 Å². The van der Waals surface area contributed by atoms with Crippen LogP contribution in [0.3, 0.4) is 0 Å². The van der Waals surface area contributed by atoms with Gasteiger partial charge in [-0.3, -0.25) is 0 Å². The second-order valence-electron chi connectivity index (χ2n) is 5.59. The van der Waals surface area contributed by atoms with E-state index in [9.17, 15) is 0 Å². The zero-order chi connectivity index (χ0) is 11.8. The lowest BCUT2D eigenvalue weighted by atomic mass is 9.89. The Morgan fingerprint density at radius 1 is 0.588 bits per heavy atom.